The van der Waals surface area contributed by atoms with Gasteiger partial charge in [0.1, 0.15) is 0 Å². The second-order valence-electron chi connectivity index (χ2n) is 2.61. The highest BCUT2D eigenvalue weighted by Crippen LogP contribution is 2.27. The molecule has 6 heteroatoms. The summed E-state index contributed by atoms with van der Waals surface area (Å²) in [5, 5.41) is 0.884. The van der Waals surface area contributed by atoms with Gasteiger partial charge in [0, 0.05) is 9.50 Å². The first-order chi connectivity index (χ1) is 6.58. The van der Waals surface area contributed by atoms with Gasteiger partial charge in [-0.3, -0.25) is 14.6 Å². The van der Waals surface area contributed by atoms with E-state index in [4.69, 9.17) is 11.6 Å². The van der Waals surface area contributed by atoms with Crippen molar-refractivity contribution in [3.05, 3.63) is 41.6 Å². The number of hydrogen-bond acceptors (Lipinski definition) is 3. The Bertz CT molecular complexity index is 619. The van der Waals surface area contributed by atoms with Crippen LogP contribution in [0.3, 0.4) is 0 Å². The minimum atomic E-state index is -0.410. The highest BCUT2D eigenvalue weighted by Gasteiger charge is 2.06. The first kappa shape index (κ1) is 9.89. The molecule has 0 fully saturated rings. The van der Waals surface area contributed by atoms with E-state index in [2.05, 4.69) is 20.9 Å². The van der Waals surface area contributed by atoms with Crippen LogP contribution in [-0.2, 0) is 0 Å². The van der Waals surface area contributed by atoms with Crippen molar-refractivity contribution < 1.29 is 0 Å². The third kappa shape index (κ3) is 1.63. The molecule has 0 bridgehead atoms. The molecule has 1 N–H and O–H groups in total. The van der Waals surface area contributed by atoms with Crippen molar-refractivity contribution in [1.82, 2.24) is 4.98 Å². The van der Waals surface area contributed by atoms with Gasteiger partial charge >= 0.3 is 4.87 Å². The maximum Gasteiger partial charge on any atom is 0.307 e. The average Bonchev–Trinajstić information content (AvgIpc) is 2.07. The van der Waals surface area contributed by atoms with Crippen LogP contribution in [0.1, 0.15) is 0 Å². The van der Waals surface area contributed by atoms with Crippen molar-refractivity contribution in [3.8, 4) is 0 Å². The standard InChI is InChI=1S/C8H3BrClNO2S/c9-5-2-3(10)1-4-6(5)14-8(13)11-7(4)12/h1-2H,(H,11,12,13). The monoisotopic (exact) mass is 291 g/mol. The van der Waals surface area contributed by atoms with E-state index in [1.165, 1.54) is 6.07 Å². The zero-order valence-corrected chi connectivity index (χ0v) is 9.79. The fourth-order valence-electron chi connectivity index (χ4n) is 1.11. The Kier molecular flexibility index (Phi) is 2.47. The molecule has 0 saturated heterocycles. The van der Waals surface area contributed by atoms with Gasteiger partial charge in [0.2, 0.25) is 0 Å². The van der Waals surface area contributed by atoms with E-state index in [0.29, 0.717) is 19.6 Å². The predicted octanol–water partition coefficient (Wildman–Crippen LogP) is 2.37. The van der Waals surface area contributed by atoms with E-state index < -0.39 is 5.56 Å². The number of rotatable bonds is 0. The Morgan fingerprint density at radius 3 is 2.79 bits per heavy atom. The van der Waals surface area contributed by atoms with Crippen LogP contribution in [0.5, 0.6) is 0 Å². The molecule has 0 amide bonds. The van der Waals surface area contributed by atoms with Gasteiger partial charge in [-0.2, -0.15) is 0 Å². The summed E-state index contributed by atoms with van der Waals surface area (Å²) in [6.45, 7) is 0. The molecule has 1 heterocycles. The van der Waals surface area contributed by atoms with Gasteiger partial charge < -0.3 is 0 Å². The summed E-state index contributed by atoms with van der Waals surface area (Å²) in [6.07, 6.45) is 0. The van der Waals surface area contributed by atoms with Crippen LogP contribution < -0.4 is 10.4 Å². The molecular weight excluding hydrogens is 290 g/mol. The van der Waals surface area contributed by atoms with E-state index in [9.17, 15) is 9.59 Å². The minimum Gasteiger partial charge on any atom is -0.280 e. The molecule has 0 aliphatic heterocycles. The third-order valence-corrected chi connectivity index (χ3v) is 3.70. The van der Waals surface area contributed by atoms with E-state index in [1.807, 2.05) is 0 Å². The van der Waals surface area contributed by atoms with Gasteiger partial charge in [-0.05, 0) is 28.1 Å². The Morgan fingerprint density at radius 1 is 1.36 bits per heavy atom. The van der Waals surface area contributed by atoms with E-state index in [1.54, 1.807) is 6.07 Å². The summed E-state index contributed by atoms with van der Waals surface area (Å²) in [5.74, 6) is 0. The highest BCUT2D eigenvalue weighted by atomic mass is 79.9. The normalized spacial score (nSPS) is 10.7. The summed E-state index contributed by atoms with van der Waals surface area (Å²) >= 11 is 10.0. The zero-order chi connectivity index (χ0) is 10.3. The lowest BCUT2D eigenvalue weighted by Gasteiger charge is -1.98. The smallest absolute Gasteiger partial charge is 0.280 e. The molecule has 0 spiro atoms. The Hall–Kier alpha value is -0.650. The van der Waals surface area contributed by atoms with E-state index >= 15 is 0 Å². The van der Waals surface area contributed by atoms with Gasteiger partial charge in [0.25, 0.3) is 5.56 Å². The third-order valence-electron chi connectivity index (χ3n) is 1.66. The summed E-state index contributed by atoms with van der Waals surface area (Å²) in [7, 11) is 0. The van der Waals surface area contributed by atoms with Crippen LogP contribution in [0.2, 0.25) is 5.02 Å². The Labute approximate surface area is 95.5 Å². The number of H-pyrrole nitrogens is 1. The van der Waals surface area contributed by atoms with Crippen molar-refractivity contribution in [2.45, 2.75) is 0 Å². The lowest BCUT2D eigenvalue weighted by Crippen LogP contribution is -2.15. The number of nitrogens with one attached hydrogen (secondary N) is 1. The van der Waals surface area contributed by atoms with Gasteiger partial charge in [-0.15, -0.1) is 0 Å². The fraction of sp³-hybridized carbons (Fsp3) is 0. The van der Waals surface area contributed by atoms with Gasteiger partial charge in [-0.1, -0.05) is 22.9 Å². The number of benzene rings is 1. The van der Waals surface area contributed by atoms with E-state index in [0.717, 1.165) is 11.3 Å². The van der Waals surface area contributed by atoms with Crippen LogP contribution in [0.15, 0.2) is 26.2 Å². The number of fused-ring (bicyclic) bond motifs is 1. The van der Waals surface area contributed by atoms with Crippen LogP contribution in [-0.4, -0.2) is 4.98 Å². The molecule has 2 aromatic rings. The molecule has 1 aromatic heterocycles. The van der Waals surface area contributed by atoms with Crippen molar-refractivity contribution in [3.63, 3.8) is 0 Å². The lowest BCUT2D eigenvalue weighted by atomic mass is 10.3. The van der Waals surface area contributed by atoms with Crippen LogP contribution in [0.25, 0.3) is 10.1 Å². The zero-order valence-electron chi connectivity index (χ0n) is 6.64. The molecule has 1 aromatic carbocycles. The Morgan fingerprint density at radius 2 is 2.07 bits per heavy atom. The van der Waals surface area contributed by atoms with Gasteiger partial charge in [0.15, 0.2) is 0 Å². The second-order valence-corrected chi connectivity index (χ2v) is 4.88. The maximum atomic E-state index is 11.4. The SMILES string of the molecule is O=c1[nH]c(=O)c2cc(Cl)cc(Br)c2s1. The number of halogens is 2. The molecular formula is C8H3BrClNO2S. The molecule has 14 heavy (non-hydrogen) atoms. The van der Waals surface area contributed by atoms with Crippen LogP contribution >= 0.6 is 38.9 Å². The molecule has 0 unspecified atom stereocenters. The Balaban J connectivity index is 3.10. The molecule has 0 atom stereocenters. The molecule has 72 valence electrons. The summed E-state index contributed by atoms with van der Waals surface area (Å²) in [5.41, 5.74) is -0.410. The largest absolute Gasteiger partial charge is 0.307 e. The first-order valence-corrected chi connectivity index (χ1v) is 5.59. The van der Waals surface area contributed by atoms with Crippen molar-refractivity contribution >= 4 is 49.0 Å². The van der Waals surface area contributed by atoms with Crippen LogP contribution in [0, 0.1) is 0 Å². The van der Waals surface area contributed by atoms with Crippen molar-refractivity contribution in [2.75, 3.05) is 0 Å². The molecule has 0 aliphatic carbocycles. The quantitative estimate of drug-likeness (QED) is 0.810. The molecule has 0 radical (unpaired) electrons. The minimum absolute atomic E-state index is 0.370. The lowest BCUT2D eigenvalue weighted by molar-refractivity contribution is 1.25. The average molecular weight is 293 g/mol. The maximum absolute atomic E-state index is 11.4. The number of hydrogen-bond donors (Lipinski definition) is 1. The second kappa shape index (κ2) is 3.49. The number of aromatic nitrogens is 1. The summed E-state index contributed by atoms with van der Waals surface area (Å²) < 4.78 is 1.27. The number of aromatic amines is 1. The fourth-order valence-corrected chi connectivity index (χ4v) is 2.91. The summed E-state index contributed by atoms with van der Waals surface area (Å²) in [6, 6.07) is 3.19. The first-order valence-electron chi connectivity index (χ1n) is 3.60. The predicted molar refractivity (Wildman–Crippen MR) is 61.4 cm³/mol. The molecule has 0 aliphatic rings. The molecule has 0 saturated carbocycles. The topological polar surface area (TPSA) is 49.9 Å². The molecule has 2 rings (SSSR count). The van der Waals surface area contributed by atoms with Gasteiger partial charge in [0.05, 0.1) is 10.1 Å². The highest BCUT2D eigenvalue weighted by molar-refractivity contribution is 9.10. The summed E-state index contributed by atoms with van der Waals surface area (Å²) in [4.78, 5) is 24.3. The van der Waals surface area contributed by atoms with E-state index in [-0.39, 0.29) is 4.87 Å². The van der Waals surface area contributed by atoms with Crippen LogP contribution in [0.4, 0.5) is 0 Å². The van der Waals surface area contributed by atoms with Crippen molar-refractivity contribution in [2.24, 2.45) is 0 Å². The van der Waals surface area contributed by atoms with Crippen molar-refractivity contribution in [1.29, 1.82) is 0 Å². The van der Waals surface area contributed by atoms with Gasteiger partial charge in [-0.25, -0.2) is 0 Å². The molecule has 3 nitrogen and oxygen atoms in total.